The Hall–Kier alpha value is -3.21. The van der Waals surface area contributed by atoms with E-state index >= 15 is 0 Å². The zero-order chi connectivity index (χ0) is 30.7. The van der Waals surface area contributed by atoms with Crippen molar-refractivity contribution < 1.29 is 26.7 Å². The van der Waals surface area contributed by atoms with Gasteiger partial charge in [0.25, 0.3) is 6.43 Å². The number of anilines is 2. The average molecular weight is 624 g/mol. The van der Waals surface area contributed by atoms with Crippen LogP contribution < -0.4 is 14.5 Å². The van der Waals surface area contributed by atoms with Crippen molar-refractivity contribution in [3.05, 3.63) is 24.0 Å². The highest BCUT2D eigenvalue weighted by Crippen LogP contribution is 2.33. The molecule has 2 aromatic heterocycles. The molecule has 2 aliphatic heterocycles. The van der Waals surface area contributed by atoms with Gasteiger partial charge < -0.3 is 24.2 Å². The maximum atomic E-state index is 14.4. The molecule has 2 aliphatic rings. The zero-order valence-corrected chi connectivity index (χ0v) is 25.8. The summed E-state index contributed by atoms with van der Waals surface area (Å²) < 4.78 is 68.2. The molecule has 5 rings (SSSR count). The van der Waals surface area contributed by atoms with E-state index in [2.05, 4.69) is 9.97 Å². The Kier molecular flexibility index (Phi) is 9.58. The van der Waals surface area contributed by atoms with Gasteiger partial charge in [-0.2, -0.15) is 19.3 Å². The van der Waals surface area contributed by atoms with Gasteiger partial charge >= 0.3 is 0 Å². The van der Waals surface area contributed by atoms with E-state index in [0.29, 0.717) is 88.4 Å². The Morgan fingerprint density at radius 1 is 1.02 bits per heavy atom. The molecule has 16 heteroatoms. The molecule has 0 spiro atoms. The van der Waals surface area contributed by atoms with Crippen molar-refractivity contribution in [2.24, 2.45) is 0 Å². The maximum Gasteiger partial charge on any atom is 0.296 e. The highest BCUT2D eigenvalue weighted by atomic mass is 32.2. The lowest BCUT2D eigenvalue weighted by Crippen LogP contribution is -2.51. The fraction of sp³-hybridized carbons (Fsp3) is 0.630. The Morgan fingerprint density at radius 2 is 1.72 bits per heavy atom. The van der Waals surface area contributed by atoms with E-state index in [-0.39, 0.29) is 17.5 Å². The number of piperidine rings is 1. The number of halogens is 2. The summed E-state index contributed by atoms with van der Waals surface area (Å²) in [4.78, 5) is 24.2. The third-order valence-electron chi connectivity index (χ3n) is 7.68. The summed E-state index contributed by atoms with van der Waals surface area (Å²) in [5.41, 5.74) is 0.648. The maximum absolute atomic E-state index is 14.4. The number of para-hydroxylation sites is 1. The van der Waals surface area contributed by atoms with Crippen molar-refractivity contribution in [1.29, 1.82) is 0 Å². The molecule has 1 atom stereocenters. The number of aromatic nitrogens is 5. The molecule has 2 fully saturated rings. The van der Waals surface area contributed by atoms with Crippen LogP contribution in [0.5, 0.6) is 5.75 Å². The number of alkyl halides is 2. The first-order valence-electron chi connectivity index (χ1n) is 14.4. The minimum atomic E-state index is -3.48. The predicted molar refractivity (Wildman–Crippen MR) is 159 cm³/mol. The number of sulfonamides is 1. The van der Waals surface area contributed by atoms with Gasteiger partial charge in [0.2, 0.25) is 27.9 Å². The minimum absolute atomic E-state index is 0.00520. The molecule has 0 bridgehead atoms. The molecule has 0 aliphatic carbocycles. The molecule has 3 aromatic rings. The van der Waals surface area contributed by atoms with Crippen molar-refractivity contribution in [3.63, 3.8) is 0 Å². The summed E-state index contributed by atoms with van der Waals surface area (Å²) in [6.45, 7) is 4.12. The van der Waals surface area contributed by atoms with Crippen LogP contribution in [-0.2, 0) is 14.8 Å². The fourth-order valence-corrected chi connectivity index (χ4v) is 6.81. The number of nitrogens with zero attached hydrogens (tertiary/aromatic N) is 9. The van der Waals surface area contributed by atoms with Crippen LogP contribution in [0.15, 0.2) is 18.2 Å². The molecule has 0 amide bonds. The summed E-state index contributed by atoms with van der Waals surface area (Å²) in [5, 5.41) is 0. The first kappa shape index (κ1) is 31.2. The lowest BCUT2D eigenvalue weighted by Gasteiger charge is -2.38. The Bertz CT molecular complexity index is 1520. The van der Waals surface area contributed by atoms with E-state index in [1.807, 2.05) is 28.8 Å². The van der Waals surface area contributed by atoms with Crippen molar-refractivity contribution in [2.45, 2.75) is 31.7 Å². The lowest BCUT2D eigenvalue weighted by molar-refractivity contribution is 0.122. The minimum Gasteiger partial charge on any atom is -0.494 e. The highest BCUT2D eigenvalue weighted by Gasteiger charge is 2.33. The van der Waals surface area contributed by atoms with Crippen molar-refractivity contribution >= 4 is 33.0 Å². The van der Waals surface area contributed by atoms with Crippen LogP contribution in [0.4, 0.5) is 20.7 Å². The van der Waals surface area contributed by atoms with Crippen molar-refractivity contribution in [3.8, 4) is 11.7 Å². The van der Waals surface area contributed by atoms with Crippen LogP contribution in [0.25, 0.3) is 17.0 Å². The number of morpholine rings is 1. The molecule has 0 N–H and O–H groups in total. The summed E-state index contributed by atoms with van der Waals surface area (Å²) >= 11 is 0. The number of imidazole rings is 1. The number of benzene rings is 1. The summed E-state index contributed by atoms with van der Waals surface area (Å²) in [6.07, 6.45) is 0.437. The highest BCUT2D eigenvalue weighted by molar-refractivity contribution is 7.88. The van der Waals surface area contributed by atoms with Gasteiger partial charge in [0, 0.05) is 38.8 Å². The topological polar surface area (TPSA) is 122 Å². The van der Waals surface area contributed by atoms with Gasteiger partial charge in [-0.1, -0.05) is 6.07 Å². The Balaban J connectivity index is 1.57. The second kappa shape index (κ2) is 13.2. The SMILES string of the molecule is COc1cccc2c1nc(C(F)F)n2-c1nc(N2CCOCC2)nc(N2CCC[C@@H](N(CCCN(C)C)S(C)(=O)=O)C2)n1. The molecule has 1 aromatic carbocycles. The van der Waals surface area contributed by atoms with Gasteiger partial charge in [0.1, 0.15) is 11.3 Å². The number of methoxy groups -OCH3 is 1. The standard InChI is InChI=1S/C27H39F2N9O4S/c1-34(2)11-7-13-37(43(4,39)40)19-8-6-12-36(18-19)26-31-25(35-14-16-42-17-15-35)32-27(33-26)38-20-9-5-10-21(41-3)22(20)30-24(38)23(28)29/h5,9-10,19,23H,6-8,11-18H2,1-4H3/t19-/m1/s1. The molecule has 0 saturated carbocycles. The van der Waals surface area contributed by atoms with E-state index in [4.69, 9.17) is 19.4 Å². The summed E-state index contributed by atoms with van der Waals surface area (Å²) in [7, 11) is 1.89. The first-order valence-corrected chi connectivity index (χ1v) is 16.2. The fourth-order valence-electron chi connectivity index (χ4n) is 5.64. The van der Waals surface area contributed by atoms with Gasteiger partial charge in [-0.3, -0.25) is 4.57 Å². The largest absolute Gasteiger partial charge is 0.494 e. The van der Waals surface area contributed by atoms with Crippen LogP contribution >= 0.6 is 0 Å². The second-order valence-corrected chi connectivity index (χ2v) is 13.0. The molecule has 236 valence electrons. The molecule has 43 heavy (non-hydrogen) atoms. The summed E-state index contributed by atoms with van der Waals surface area (Å²) in [5.74, 6) is 0.481. The van der Waals surface area contributed by atoms with Crippen LogP contribution in [0.3, 0.4) is 0 Å². The van der Waals surface area contributed by atoms with Crippen molar-refractivity contribution in [2.75, 3.05) is 89.7 Å². The van der Waals surface area contributed by atoms with Gasteiger partial charge in [-0.05, 0) is 52.0 Å². The van der Waals surface area contributed by atoms with Gasteiger partial charge in [0.05, 0.1) is 32.1 Å². The smallest absolute Gasteiger partial charge is 0.296 e. The number of rotatable bonds is 11. The quantitative estimate of drug-likeness (QED) is 0.312. The predicted octanol–water partition coefficient (Wildman–Crippen LogP) is 2.18. The van der Waals surface area contributed by atoms with Gasteiger partial charge in [-0.25, -0.2) is 22.2 Å². The molecule has 0 radical (unpaired) electrons. The Morgan fingerprint density at radius 3 is 2.37 bits per heavy atom. The second-order valence-electron chi connectivity index (χ2n) is 11.0. The molecule has 0 unspecified atom stereocenters. The first-order chi connectivity index (χ1) is 20.6. The van der Waals surface area contributed by atoms with Crippen LogP contribution in [0.2, 0.25) is 0 Å². The third-order valence-corrected chi connectivity index (χ3v) is 9.01. The zero-order valence-electron chi connectivity index (χ0n) is 25.0. The number of hydrogen-bond donors (Lipinski definition) is 0. The van der Waals surface area contributed by atoms with Gasteiger partial charge in [0.15, 0.2) is 5.82 Å². The van der Waals surface area contributed by atoms with E-state index in [1.54, 1.807) is 22.5 Å². The molecule has 4 heterocycles. The number of hydrogen-bond acceptors (Lipinski definition) is 11. The molecular weight excluding hydrogens is 584 g/mol. The van der Waals surface area contributed by atoms with E-state index in [1.165, 1.54) is 17.9 Å². The van der Waals surface area contributed by atoms with E-state index in [0.717, 1.165) is 6.54 Å². The average Bonchev–Trinajstić information content (AvgIpc) is 3.39. The number of ether oxygens (including phenoxy) is 2. The third kappa shape index (κ3) is 6.97. The number of fused-ring (bicyclic) bond motifs is 1. The molecule has 13 nitrogen and oxygen atoms in total. The molecular formula is C27H39F2N9O4S. The van der Waals surface area contributed by atoms with Crippen molar-refractivity contribution in [1.82, 2.24) is 33.7 Å². The monoisotopic (exact) mass is 623 g/mol. The van der Waals surface area contributed by atoms with Gasteiger partial charge in [-0.15, -0.1) is 0 Å². The van der Waals surface area contributed by atoms with Crippen LogP contribution in [0.1, 0.15) is 31.5 Å². The molecule has 2 saturated heterocycles. The van der Waals surface area contributed by atoms with E-state index < -0.39 is 22.3 Å². The van der Waals surface area contributed by atoms with Crippen LogP contribution in [0, 0.1) is 0 Å². The summed E-state index contributed by atoms with van der Waals surface area (Å²) in [6, 6.07) is 4.74. The lowest BCUT2D eigenvalue weighted by atomic mass is 10.1. The normalized spacial score (nSPS) is 18.4. The Labute approximate surface area is 250 Å². The van der Waals surface area contributed by atoms with E-state index in [9.17, 15) is 17.2 Å². The van der Waals surface area contributed by atoms with Crippen LogP contribution in [-0.4, -0.2) is 128 Å².